The summed E-state index contributed by atoms with van der Waals surface area (Å²) in [5.74, 6) is -8.83. The minimum atomic E-state index is -4.86. The summed E-state index contributed by atoms with van der Waals surface area (Å²) in [7, 11) is 2.51. The summed E-state index contributed by atoms with van der Waals surface area (Å²) < 4.78 is 144. The largest absolute Gasteiger partial charge is 0.478 e. The van der Waals surface area contributed by atoms with Gasteiger partial charge in [-0.25, -0.2) is 51.3 Å². The summed E-state index contributed by atoms with van der Waals surface area (Å²) in [5, 5.41) is 25.6. The number of alkyl halides is 6. The number of carboxylic acid groups (broad SMARTS) is 1. The lowest BCUT2D eigenvalue weighted by Gasteiger charge is -2.10. The molecule has 29 heteroatoms. The second-order valence-corrected chi connectivity index (χ2v) is 13.0. The Morgan fingerprint density at radius 2 is 1.03 bits per heavy atom. The number of aromatic nitrogens is 10. The molecule has 0 fully saturated rings. The van der Waals surface area contributed by atoms with Gasteiger partial charge in [0.15, 0.2) is 34.4 Å². The quantitative estimate of drug-likeness (QED) is 0.122. The number of nitrogen functional groups attached to an aromatic ring is 1. The number of nitrogens with zero attached hydrogens (tertiary/aromatic N) is 10. The zero-order chi connectivity index (χ0) is 49.1. The van der Waals surface area contributed by atoms with Crippen molar-refractivity contribution < 1.29 is 67.4 Å². The van der Waals surface area contributed by atoms with Crippen molar-refractivity contribution in [1.82, 2.24) is 49.1 Å². The van der Waals surface area contributed by atoms with Gasteiger partial charge in [-0.2, -0.15) is 45.9 Å². The number of nitrogens with one attached hydrogen (secondary N) is 1. The molecule has 0 aliphatic carbocycles. The van der Waals surface area contributed by atoms with E-state index in [0.717, 1.165) is 76.4 Å². The fourth-order valence-electron chi connectivity index (χ4n) is 5.22. The minimum absolute atomic E-state index is 0.182. The molecule has 0 saturated heterocycles. The smallest absolute Gasteiger partial charge is 0.437 e. The first-order valence-electron chi connectivity index (χ1n) is 18.0. The van der Waals surface area contributed by atoms with Crippen molar-refractivity contribution in [2.24, 2.45) is 14.1 Å². The average molecular weight is 951 g/mol. The Balaban J connectivity index is 0.000000191. The third-order valence-corrected chi connectivity index (χ3v) is 8.46. The van der Waals surface area contributed by atoms with Gasteiger partial charge < -0.3 is 25.0 Å². The SMILES string of the molecule is Cn1nc(-c2cc(C(F)(F)F)n(-c3ccc(C(=O)Nc4c(F)cccc4F)cn3)n2)oc1=O.Cn1nc(-c2cc(C(F)(F)F)n(-c3ccc(C(=O)O)cn3)n2)oc1=O.Nc1c(F)cccc1F. The molecule has 8 aromatic rings. The van der Waals surface area contributed by atoms with Gasteiger partial charge in [0.2, 0.25) is 0 Å². The lowest BCUT2D eigenvalue weighted by Crippen LogP contribution is -2.16. The number of para-hydroxylation sites is 2. The zero-order valence-corrected chi connectivity index (χ0v) is 33.3. The van der Waals surface area contributed by atoms with E-state index in [1.807, 2.05) is 5.32 Å². The number of hydrogen-bond donors (Lipinski definition) is 3. The summed E-state index contributed by atoms with van der Waals surface area (Å²) in [5.41, 5.74) is 0.319. The third-order valence-electron chi connectivity index (χ3n) is 8.46. The zero-order valence-electron chi connectivity index (χ0n) is 33.3. The lowest BCUT2D eigenvalue weighted by molar-refractivity contribution is -0.143. The third kappa shape index (κ3) is 10.7. The van der Waals surface area contributed by atoms with E-state index < -0.39 is 87.7 Å². The molecule has 6 heterocycles. The highest BCUT2D eigenvalue weighted by Crippen LogP contribution is 2.34. The van der Waals surface area contributed by atoms with E-state index in [1.54, 1.807) is 0 Å². The first kappa shape index (κ1) is 47.6. The van der Waals surface area contributed by atoms with E-state index >= 15 is 0 Å². The van der Waals surface area contributed by atoms with Crippen LogP contribution in [0.4, 0.5) is 55.3 Å². The molecular weight excluding hydrogens is 926 g/mol. The van der Waals surface area contributed by atoms with Crippen molar-refractivity contribution in [3.63, 3.8) is 0 Å². The summed E-state index contributed by atoms with van der Waals surface area (Å²) in [4.78, 5) is 53.3. The van der Waals surface area contributed by atoms with Gasteiger partial charge in [-0.3, -0.25) is 4.79 Å². The Hall–Kier alpha value is -8.92. The van der Waals surface area contributed by atoms with Gasteiger partial charge in [0.1, 0.15) is 34.6 Å². The number of halogens is 10. The van der Waals surface area contributed by atoms with Crippen molar-refractivity contribution in [3.8, 4) is 34.8 Å². The Morgan fingerprint density at radius 3 is 1.36 bits per heavy atom. The molecule has 2 aromatic carbocycles. The fourth-order valence-corrected chi connectivity index (χ4v) is 5.22. The first-order valence-corrected chi connectivity index (χ1v) is 18.0. The standard InChI is InChI=1S/C19H11F5N6O3.C13H8F3N5O4.C6H5F2N/c1-29-18(32)33-17(28-29)12-7-13(19(22,23)24)30(27-12)14-6-5-9(8-25-14)16(31)26-15-10(20)3-2-4-11(15)21;1-20-12(24)25-10(19-20)7-4-8(13(14,15)16)21(18-7)9-3-2-6(5-17-9)11(22)23;7-4-2-1-3-5(8)6(4)9/h2-8H,1H3,(H,26,31);2-5H,1H3,(H,22,23);1-3H,9H2. The molecule has 8 rings (SSSR count). The number of hydrogen-bond acceptors (Lipinski definition) is 13. The maximum Gasteiger partial charge on any atom is 0.437 e. The van der Waals surface area contributed by atoms with Crippen LogP contribution in [0.5, 0.6) is 0 Å². The van der Waals surface area contributed by atoms with Crippen molar-refractivity contribution in [2.75, 3.05) is 11.1 Å². The molecule has 0 unspecified atom stereocenters. The van der Waals surface area contributed by atoms with Crippen LogP contribution in [0.1, 0.15) is 32.1 Å². The molecule has 1 amide bonds. The van der Waals surface area contributed by atoms with E-state index in [-0.39, 0.29) is 40.0 Å². The maximum atomic E-state index is 13.7. The monoisotopic (exact) mass is 950 g/mol. The van der Waals surface area contributed by atoms with Crippen LogP contribution in [0.15, 0.2) is 104 Å². The first-order chi connectivity index (χ1) is 31.4. The highest BCUT2D eigenvalue weighted by Gasteiger charge is 2.39. The Morgan fingerprint density at radius 1 is 0.627 bits per heavy atom. The number of aromatic carboxylic acids is 1. The number of carboxylic acids is 1. The number of benzene rings is 2. The normalized spacial score (nSPS) is 11.3. The van der Waals surface area contributed by atoms with Gasteiger partial charge in [-0.05, 0) is 48.5 Å². The Kier molecular flexibility index (Phi) is 13.2. The molecule has 0 aliphatic heterocycles. The molecule has 0 radical (unpaired) electrons. The van der Waals surface area contributed by atoms with Crippen molar-refractivity contribution in [3.05, 3.63) is 152 Å². The predicted molar refractivity (Wildman–Crippen MR) is 206 cm³/mol. The van der Waals surface area contributed by atoms with Gasteiger partial charge in [-0.1, -0.05) is 12.1 Å². The molecule has 6 aromatic heterocycles. The number of aryl methyl sites for hydroxylation is 2. The van der Waals surface area contributed by atoms with Crippen molar-refractivity contribution in [2.45, 2.75) is 12.4 Å². The summed E-state index contributed by atoms with van der Waals surface area (Å²) in [6.45, 7) is 0. The number of amides is 1. The molecule has 348 valence electrons. The van der Waals surface area contributed by atoms with Gasteiger partial charge in [-0.15, -0.1) is 10.2 Å². The van der Waals surface area contributed by atoms with Crippen LogP contribution in [-0.4, -0.2) is 66.1 Å². The van der Waals surface area contributed by atoms with Crippen LogP contribution in [0, 0.1) is 23.3 Å². The maximum absolute atomic E-state index is 13.7. The molecule has 0 aliphatic rings. The number of carbonyl (C=O) groups is 2. The molecule has 0 atom stereocenters. The van der Waals surface area contributed by atoms with E-state index in [4.69, 9.17) is 19.7 Å². The van der Waals surface area contributed by atoms with Crippen LogP contribution >= 0.6 is 0 Å². The number of carbonyl (C=O) groups excluding carboxylic acids is 1. The summed E-state index contributed by atoms with van der Waals surface area (Å²) >= 11 is 0. The van der Waals surface area contributed by atoms with Crippen LogP contribution < -0.4 is 22.6 Å². The second kappa shape index (κ2) is 18.7. The molecule has 0 bridgehead atoms. The molecular formula is C38H24F10N12O7. The molecule has 4 N–H and O–H groups in total. The minimum Gasteiger partial charge on any atom is -0.478 e. The van der Waals surface area contributed by atoms with Crippen molar-refractivity contribution in [1.29, 1.82) is 0 Å². The second-order valence-electron chi connectivity index (χ2n) is 13.0. The fraction of sp³-hybridized carbons (Fsp3) is 0.105. The van der Waals surface area contributed by atoms with Crippen molar-refractivity contribution >= 4 is 23.3 Å². The van der Waals surface area contributed by atoms with E-state index in [9.17, 15) is 63.1 Å². The van der Waals surface area contributed by atoms with Crippen LogP contribution in [0.2, 0.25) is 0 Å². The number of nitrogens with two attached hydrogens (primary N) is 1. The van der Waals surface area contributed by atoms with E-state index in [1.165, 1.54) is 20.2 Å². The van der Waals surface area contributed by atoms with Crippen LogP contribution in [0.3, 0.4) is 0 Å². The van der Waals surface area contributed by atoms with E-state index in [0.29, 0.717) is 21.5 Å². The number of pyridine rings is 2. The highest BCUT2D eigenvalue weighted by atomic mass is 19.4. The molecule has 0 spiro atoms. The molecule has 0 saturated carbocycles. The lowest BCUT2D eigenvalue weighted by atomic mass is 10.2. The Bertz CT molecular complexity index is 3190. The Labute approximate surface area is 363 Å². The van der Waals surface area contributed by atoms with Crippen LogP contribution in [-0.2, 0) is 26.4 Å². The summed E-state index contributed by atoms with van der Waals surface area (Å²) in [6, 6.07) is 12.1. The van der Waals surface area contributed by atoms with Gasteiger partial charge in [0.05, 0.1) is 11.1 Å². The predicted octanol–water partition coefficient (Wildman–Crippen LogP) is 6.06. The highest BCUT2D eigenvalue weighted by molar-refractivity contribution is 6.04. The van der Waals surface area contributed by atoms with Gasteiger partial charge in [0, 0.05) is 38.6 Å². The average Bonchev–Trinajstić information content (AvgIpc) is 4.07. The van der Waals surface area contributed by atoms with Gasteiger partial charge in [0.25, 0.3) is 17.7 Å². The molecule has 19 nitrogen and oxygen atoms in total. The molecule has 67 heavy (non-hydrogen) atoms. The number of anilines is 2. The number of rotatable bonds is 7. The summed E-state index contributed by atoms with van der Waals surface area (Å²) in [6.07, 6.45) is -7.83. The van der Waals surface area contributed by atoms with Gasteiger partial charge >= 0.3 is 29.8 Å². The topological polar surface area (TPSA) is 250 Å². The van der Waals surface area contributed by atoms with E-state index in [2.05, 4.69) is 30.4 Å². The van der Waals surface area contributed by atoms with Crippen LogP contribution in [0.25, 0.3) is 34.8 Å².